The summed E-state index contributed by atoms with van der Waals surface area (Å²) < 4.78 is 41.5. The SMILES string of the molecule is C/C=C\C(=C/CC(F)(F)F)C1COCCN1. The van der Waals surface area contributed by atoms with Gasteiger partial charge in [0.15, 0.2) is 0 Å². The molecule has 1 heterocycles. The zero-order valence-electron chi connectivity index (χ0n) is 9.18. The van der Waals surface area contributed by atoms with Crippen molar-refractivity contribution in [1.82, 2.24) is 5.32 Å². The molecule has 0 radical (unpaired) electrons. The second-order valence-electron chi connectivity index (χ2n) is 3.61. The minimum Gasteiger partial charge on any atom is -0.378 e. The first-order valence-electron chi connectivity index (χ1n) is 5.23. The maximum atomic E-state index is 12.1. The Kier molecular flexibility index (Phi) is 5.02. The molecule has 16 heavy (non-hydrogen) atoms. The third kappa shape index (κ3) is 4.81. The summed E-state index contributed by atoms with van der Waals surface area (Å²) in [5.74, 6) is 0. The van der Waals surface area contributed by atoms with Crippen LogP contribution >= 0.6 is 0 Å². The van der Waals surface area contributed by atoms with E-state index in [4.69, 9.17) is 4.74 Å². The van der Waals surface area contributed by atoms with Crippen LogP contribution in [0.2, 0.25) is 0 Å². The van der Waals surface area contributed by atoms with Crippen molar-refractivity contribution in [3.8, 4) is 0 Å². The number of alkyl halides is 3. The monoisotopic (exact) mass is 235 g/mol. The summed E-state index contributed by atoms with van der Waals surface area (Å²) in [6.07, 6.45) is -0.407. The third-order valence-corrected chi connectivity index (χ3v) is 2.25. The van der Waals surface area contributed by atoms with Gasteiger partial charge in [0.25, 0.3) is 0 Å². The first kappa shape index (κ1) is 13.3. The molecule has 2 nitrogen and oxygen atoms in total. The largest absolute Gasteiger partial charge is 0.392 e. The van der Waals surface area contributed by atoms with Crippen molar-refractivity contribution in [3.05, 3.63) is 23.8 Å². The summed E-state index contributed by atoms with van der Waals surface area (Å²) in [6, 6.07) is -0.132. The second-order valence-corrected chi connectivity index (χ2v) is 3.61. The molecule has 1 atom stereocenters. The highest BCUT2D eigenvalue weighted by molar-refractivity contribution is 5.25. The molecule has 0 saturated carbocycles. The molecule has 0 bridgehead atoms. The van der Waals surface area contributed by atoms with Crippen LogP contribution in [-0.2, 0) is 4.74 Å². The van der Waals surface area contributed by atoms with Gasteiger partial charge in [0.05, 0.1) is 25.7 Å². The maximum Gasteiger partial charge on any atom is 0.392 e. The Morgan fingerprint density at radius 1 is 1.50 bits per heavy atom. The molecule has 1 unspecified atom stereocenters. The Hall–Kier alpha value is -0.810. The van der Waals surface area contributed by atoms with Gasteiger partial charge in [-0.15, -0.1) is 0 Å². The van der Waals surface area contributed by atoms with E-state index in [2.05, 4.69) is 5.32 Å². The van der Waals surface area contributed by atoms with E-state index in [1.165, 1.54) is 6.08 Å². The van der Waals surface area contributed by atoms with Crippen LogP contribution in [0.3, 0.4) is 0 Å². The van der Waals surface area contributed by atoms with Crippen molar-refractivity contribution < 1.29 is 17.9 Å². The number of allylic oxidation sites excluding steroid dienone is 2. The molecule has 1 aliphatic heterocycles. The van der Waals surface area contributed by atoms with E-state index >= 15 is 0 Å². The van der Waals surface area contributed by atoms with E-state index in [1.54, 1.807) is 19.1 Å². The fourth-order valence-electron chi connectivity index (χ4n) is 1.53. The van der Waals surface area contributed by atoms with E-state index < -0.39 is 12.6 Å². The van der Waals surface area contributed by atoms with E-state index in [0.29, 0.717) is 25.3 Å². The van der Waals surface area contributed by atoms with Crippen LogP contribution in [-0.4, -0.2) is 32.0 Å². The lowest BCUT2D eigenvalue weighted by molar-refractivity contribution is -0.125. The highest BCUT2D eigenvalue weighted by atomic mass is 19.4. The van der Waals surface area contributed by atoms with Gasteiger partial charge >= 0.3 is 6.18 Å². The number of hydrogen-bond donors (Lipinski definition) is 1. The van der Waals surface area contributed by atoms with Gasteiger partial charge in [-0.05, 0) is 12.5 Å². The van der Waals surface area contributed by atoms with Crippen LogP contribution in [0.25, 0.3) is 0 Å². The predicted octanol–water partition coefficient (Wildman–Crippen LogP) is 2.43. The molecular formula is C11H16F3NO. The molecule has 0 amide bonds. The van der Waals surface area contributed by atoms with Crippen molar-refractivity contribution in [1.29, 1.82) is 0 Å². The van der Waals surface area contributed by atoms with Crippen LogP contribution in [0.4, 0.5) is 13.2 Å². The second kappa shape index (κ2) is 6.06. The number of ether oxygens (including phenoxy) is 1. The van der Waals surface area contributed by atoms with Gasteiger partial charge in [-0.25, -0.2) is 0 Å². The quantitative estimate of drug-likeness (QED) is 0.758. The summed E-state index contributed by atoms with van der Waals surface area (Å²) in [6.45, 7) is 3.49. The van der Waals surface area contributed by atoms with Crippen LogP contribution in [0.1, 0.15) is 13.3 Å². The lowest BCUT2D eigenvalue weighted by Gasteiger charge is -2.25. The number of hydrogen-bond acceptors (Lipinski definition) is 2. The predicted molar refractivity (Wildman–Crippen MR) is 56.2 cm³/mol. The molecular weight excluding hydrogens is 219 g/mol. The Labute approximate surface area is 93.2 Å². The minimum absolute atomic E-state index is 0.132. The highest BCUT2D eigenvalue weighted by Gasteiger charge is 2.26. The Balaban J connectivity index is 2.65. The smallest absolute Gasteiger partial charge is 0.378 e. The van der Waals surface area contributed by atoms with Gasteiger partial charge in [0.2, 0.25) is 0 Å². The summed E-state index contributed by atoms with van der Waals surface area (Å²) in [4.78, 5) is 0. The highest BCUT2D eigenvalue weighted by Crippen LogP contribution is 2.22. The lowest BCUT2D eigenvalue weighted by Crippen LogP contribution is -2.42. The minimum atomic E-state index is -4.15. The van der Waals surface area contributed by atoms with Crippen LogP contribution in [0.15, 0.2) is 23.8 Å². The first-order valence-corrected chi connectivity index (χ1v) is 5.23. The number of rotatable bonds is 3. The Bertz CT molecular complexity index is 265. The average Bonchev–Trinajstić information content (AvgIpc) is 2.24. The summed E-state index contributed by atoms with van der Waals surface area (Å²) in [7, 11) is 0. The first-order chi connectivity index (χ1) is 7.53. The molecule has 0 aromatic rings. The topological polar surface area (TPSA) is 21.3 Å². The van der Waals surface area contributed by atoms with Gasteiger partial charge in [0, 0.05) is 6.54 Å². The third-order valence-electron chi connectivity index (χ3n) is 2.25. The molecule has 1 rings (SSSR count). The fourth-order valence-corrected chi connectivity index (χ4v) is 1.53. The summed E-state index contributed by atoms with van der Waals surface area (Å²) in [5, 5.41) is 3.13. The normalized spacial score (nSPS) is 24.0. The molecule has 0 aromatic heterocycles. The summed E-state index contributed by atoms with van der Waals surface area (Å²) >= 11 is 0. The van der Waals surface area contributed by atoms with Crippen LogP contribution < -0.4 is 5.32 Å². The number of nitrogens with one attached hydrogen (secondary N) is 1. The van der Waals surface area contributed by atoms with Gasteiger partial charge in [-0.2, -0.15) is 13.2 Å². The van der Waals surface area contributed by atoms with E-state index in [1.807, 2.05) is 0 Å². The molecule has 5 heteroatoms. The average molecular weight is 235 g/mol. The van der Waals surface area contributed by atoms with Crippen molar-refractivity contribution in [2.75, 3.05) is 19.8 Å². The van der Waals surface area contributed by atoms with Gasteiger partial charge in [0.1, 0.15) is 0 Å². The van der Waals surface area contributed by atoms with E-state index in [0.717, 1.165) is 0 Å². The van der Waals surface area contributed by atoms with Crippen molar-refractivity contribution >= 4 is 0 Å². The lowest BCUT2D eigenvalue weighted by atomic mass is 10.0. The van der Waals surface area contributed by atoms with Gasteiger partial charge in [-0.3, -0.25) is 0 Å². The molecule has 92 valence electrons. The van der Waals surface area contributed by atoms with Crippen molar-refractivity contribution in [2.45, 2.75) is 25.6 Å². The van der Waals surface area contributed by atoms with E-state index in [-0.39, 0.29) is 6.04 Å². The molecule has 0 aliphatic carbocycles. The van der Waals surface area contributed by atoms with E-state index in [9.17, 15) is 13.2 Å². The van der Waals surface area contributed by atoms with Crippen LogP contribution in [0, 0.1) is 0 Å². The summed E-state index contributed by atoms with van der Waals surface area (Å²) in [5.41, 5.74) is 0.638. The zero-order chi connectivity index (χ0) is 12.0. The standard InChI is InChI=1S/C11H16F3NO/c1-2-3-9(4-5-11(12,13)14)10-8-16-7-6-15-10/h2-4,10,15H,5-8H2,1H3/b3-2-,9-4+. The number of halogens is 3. The molecule has 0 aromatic carbocycles. The Morgan fingerprint density at radius 3 is 2.75 bits per heavy atom. The maximum absolute atomic E-state index is 12.1. The van der Waals surface area contributed by atoms with Crippen molar-refractivity contribution in [3.63, 3.8) is 0 Å². The molecule has 1 fully saturated rings. The van der Waals surface area contributed by atoms with Crippen LogP contribution in [0.5, 0.6) is 0 Å². The fraction of sp³-hybridized carbons (Fsp3) is 0.636. The van der Waals surface area contributed by atoms with Gasteiger partial charge in [-0.1, -0.05) is 18.2 Å². The van der Waals surface area contributed by atoms with Gasteiger partial charge < -0.3 is 10.1 Å². The zero-order valence-corrected chi connectivity index (χ0v) is 9.18. The Morgan fingerprint density at radius 2 is 2.25 bits per heavy atom. The molecule has 0 spiro atoms. The molecule has 1 saturated heterocycles. The van der Waals surface area contributed by atoms with Crippen molar-refractivity contribution in [2.24, 2.45) is 0 Å². The molecule has 1 N–H and O–H groups in total. The number of morpholine rings is 1. The molecule has 1 aliphatic rings.